The highest BCUT2D eigenvalue weighted by Crippen LogP contribution is 2.38. The molecule has 2 aromatic carbocycles. The van der Waals surface area contributed by atoms with Gasteiger partial charge in [-0.05, 0) is 49.7 Å². The lowest BCUT2D eigenvalue weighted by Gasteiger charge is -2.20. The normalized spacial score (nSPS) is 14.3. The zero-order valence-corrected chi connectivity index (χ0v) is 21.7. The Morgan fingerprint density at radius 1 is 0.950 bits per heavy atom. The van der Waals surface area contributed by atoms with Crippen LogP contribution < -0.4 is 10.6 Å². The monoisotopic (exact) mass is 535 g/mol. The van der Waals surface area contributed by atoms with Crippen LogP contribution in [-0.4, -0.2) is 42.8 Å². The Bertz CT molecular complexity index is 1670. The van der Waals surface area contributed by atoms with Crippen molar-refractivity contribution in [2.45, 2.75) is 25.5 Å². The molecule has 1 unspecified atom stereocenters. The Kier molecular flexibility index (Phi) is 6.40. The standard InChI is InChI=1S/C29H25N7O4/c1-29(2)21-14-18(11-12-19(21)27(38)40-29)32-28-31-15-20(25-35-36-26(39-25)22-10-6-7-13-30-22)24(34-28)33-23(16-37)17-8-4-3-5-9-17/h3-15,23,37H,16H2,1-2H3,(H2,31,32,33,34). The minimum atomic E-state index is -0.741. The Labute approximate surface area is 229 Å². The summed E-state index contributed by atoms with van der Waals surface area (Å²) in [6.07, 6.45) is 3.21. The van der Waals surface area contributed by atoms with Gasteiger partial charge < -0.3 is 24.9 Å². The lowest BCUT2D eigenvalue weighted by molar-refractivity contribution is 0.00954. The van der Waals surface area contributed by atoms with Gasteiger partial charge in [0.2, 0.25) is 5.95 Å². The van der Waals surface area contributed by atoms with E-state index in [9.17, 15) is 9.90 Å². The lowest BCUT2D eigenvalue weighted by Crippen LogP contribution is -2.17. The van der Waals surface area contributed by atoms with Gasteiger partial charge in [-0.25, -0.2) is 9.78 Å². The number of esters is 1. The van der Waals surface area contributed by atoms with E-state index < -0.39 is 11.6 Å². The van der Waals surface area contributed by atoms with Gasteiger partial charge in [-0.2, -0.15) is 4.98 Å². The van der Waals surface area contributed by atoms with Gasteiger partial charge in [0, 0.05) is 23.6 Å². The third kappa shape index (κ3) is 4.85. The zero-order valence-electron chi connectivity index (χ0n) is 21.7. The smallest absolute Gasteiger partial charge is 0.339 e. The number of aliphatic hydroxyl groups excluding tert-OH is 1. The molecule has 11 heteroatoms. The van der Waals surface area contributed by atoms with Gasteiger partial charge in [-0.15, -0.1) is 10.2 Å². The highest BCUT2D eigenvalue weighted by Gasteiger charge is 2.37. The van der Waals surface area contributed by atoms with Gasteiger partial charge >= 0.3 is 5.97 Å². The van der Waals surface area contributed by atoms with Crippen LogP contribution in [0.2, 0.25) is 0 Å². The maximum Gasteiger partial charge on any atom is 0.339 e. The van der Waals surface area contributed by atoms with E-state index in [1.54, 1.807) is 36.7 Å². The van der Waals surface area contributed by atoms with Crippen molar-refractivity contribution in [3.05, 3.63) is 95.8 Å². The summed E-state index contributed by atoms with van der Waals surface area (Å²) >= 11 is 0. The number of fused-ring (bicyclic) bond motifs is 1. The number of benzene rings is 2. The summed E-state index contributed by atoms with van der Waals surface area (Å²) in [7, 11) is 0. The van der Waals surface area contributed by atoms with Crippen molar-refractivity contribution in [2.75, 3.05) is 17.2 Å². The molecular weight excluding hydrogens is 510 g/mol. The fourth-order valence-electron chi connectivity index (χ4n) is 4.49. The van der Waals surface area contributed by atoms with E-state index in [4.69, 9.17) is 14.1 Å². The van der Waals surface area contributed by atoms with Crippen LogP contribution >= 0.6 is 0 Å². The third-order valence-electron chi connectivity index (χ3n) is 6.52. The summed E-state index contributed by atoms with van der Waals surface area (Å²) < 4.78 is 11.4. The molecule has 6 rings (SSSR count). The molecule has 4 heterocycles. The molecule has 3 N–H and O–H groups in total. The van der Waals surface area contributed by atoms with Crippen LogP contribution in [0.1, 0.15) is 41.4 Å². The SMILES string of the molecule is CC1(C)OC(=O)c2ccc(Nc3ncc(-c4nnc(-c5ccccn5)o4)c(NC(CO)c4ccccc4)n3)cc21. The van der Waals surface area contributed by atoms with Crippen molar-refractivity contribution in [2.24, 2.45) is 0 Å². The maximum atomic E-state index is 12.2. The number of hydrogen-bond donors (Lipinski definition) is 3. The highest BCUT2D eigenvalue weighted by atomic mass is 16.6. The van der Waals surface area contributed by atoms with Crippen molar-refractivity contribution >= 4 is 23.4 Å². The average Bonchev–Trinajstić information content (AvgIpc) is 3.55. The molecule has 11 nitrogen and oxygen atoms in total. The maximum absolute atomic E-state index is 12.2. The molecule has 0 saturated heterocycles. The summed E-state index contributed by atoms with van der Waals surface area (Å²) in [6.45, 7) is 3.50. The first-order chi connectivity index (χ1) is 19.4. The van der Waals surface area contributed by atoms with Gasteiger partial charge in [0.25, 0.3) is 11.8 Å². The predicted octanol–water partition coefficient (Wildman–Crippen LogP) is 4.88. The molecule has 0 aliphatic carbocycles. The Morgan fingerprint density at radius 3 is 2.52 bits per heavy atom. The number of pyridine rings is 1. The van der Waals surface area contributed by atoms with Gasteiger partial charge in [-0.3, -0.25) is 4.98 Å². The van der Waals surface area contributed by atoms with Crippen molar-refractivity contribution < 1.29 is 19.1 Å². The highest BCUT2D eigenvalue weighted by molar-refractivity contribution is 5.95. The van der Waals surface area contributed by atoms with Crippen molar-refractivity contribution in [3.63, 3.8) is 0 Å². The van der Waals surface area contributed by atoms with E-state index in [2.05, 4.69) is 30.8 Å². The quantitative estimate of drug-likeness (QED) is 0.233. The number of rotatable bonds is 8. The molecule has 1 atom stereocenters. The van der Waals surface area contributed by atoms with Crippen LogP contribution in [0, 0.1) is 0 Å². The van der Waals surface area contributed by atoms with Crippen LogP contribution in [0.3, 0.4) is 0 Å². The molecular formula is C29H25N7O4. The van der Waals surface area contributed by atoms with Gasteiger partial charge in [-0.1, -0.05) is 36.4 Å². The number of cyclic esters (lactones) is 1. The predicted molar refractivity (Wildman–Crippen MR) is 147 cm³/mol. The zero-order chi connectivity index (χ0) is 27.7. The first kappa shape index (κ1) is 25.1. The van der Waals surface area contributed by atoms with E-state index in [1.165, 1.54) is 0 Å². The number of aliphatic hydroxyl groups is 1. The number of nitrogens with zero attached hydrogens (tertiary/aromatic N) is 5. The van der Waals surface area contributed by atoms with Crippen LogP contribution in [0.4, 0.5) is 17.5 Å². The number of ether oxygens (including phenoxy) is 1. The van der Waals surface area contributed by atoms with Crippen molar-refractivity contribution in [1.29, 1.82) is 0 Å². The average molecular weight is 536 g/mol. The number of aromatic nitrogens is 5. The van der Waals surface area contributed by atoms with Crippen LogP contribution in [0.5, 0.6) is 0 Å². The summed E-state index contributed by atoms with van der Waals surface area (Å²) in [4.78, 5) is 25.6. The Balaban J connectivity index is 1.36. The fourth-order valence-corrected chi connectivity index (χ4v) is 4.49. The van der Waals surface area contributed by atoms with Crippen molar-refractivity contribution in [3.8, 4) is 23.0 Å². The number of nitrogens with one attached hydrogen (secondary N) is 2. The molecule has 0 fully saturated rings. The van der Waals surface area contributed by atoms with E-state index in [0.29, 0.717) is 28.3 Å². The summed E-state index contributed by atoms with van der Waals surface area (Å²) in [5, 5.41) is 25.0. The minimum Gasteiger partial charge on any atom is -0.451 e. The molecule has 0 amide bonds. The molecule has 1 aliphatic heterocycles. The Hall–Kier alpha value is -5.16. The molecule has 40 heavy (non-hydrogen) atoms. The molecule has 0 spiro atoms. The second-order valence-electron chi connectivity index (χ2n) is 9.66. The molecule has 5 aromatic rings. The molecule has 0 saturated carbocycles. The van der Waals surface area contributed by atoms with Crippen molar-refractivity contribution in [1.82, 2.24) is 25.1 Å². The van der Waals surface area contributed by atoms with Gasteiger partial charge in [0.05, 0.1) is 23.8 Å². The third-order valence-corrected chi connectivity index (χ3v) is 6.52. The number of anilines is 3. The van der Waals surface area contributed by atoms with Crippen LogP contribution in [0.25, 0.3) is 23.0 Å². The lowest BCUT2D eigenvalue weighted by atomic mass is 9.95. The number of carbonyl (C=O) groups is 1. The largest absolute Gasteiger partial charge is 0.451 e. The molecule has 1 aliphatic rings. The molecule has 200 valence electrons. The van der Waals surface area contributed by atoms with Gasteiger partial charge in [0.15, 0.2) is 0 Å². The van der Waals surface area contributed by atoms with Crippen LogP contribution in [-0.2, 0) is 10.3 Å². The molecule has 0 bridgehead atoms. The second kappa shape index (κ2) is 10.2. The topological polar surface area (TPSA) is 148 Å². The molecule has 3 aromatic heterocycles. The Morgan fingerprint density at radius 2 is 1.75 bits per heavy atom. The van der Waals surface area contributed by atoms with E-state index in [1.807, 2.05) is 56.3 Å². The summed E-state index contributed by atoms with van der Waals surface area (Å²) in [6, 6.07) is 19.8. The molecule has 0 radical (unpaired) electrons. The first-order valence-corrected chi connectivity index (χ1v) is 12.6. The second-order valence-corrected chi connectivity index (χ2v) is 9.66. The number of carbonyl (C=O) groups excluding carboxylic acids is 1. The first-order valence-electron chi connectivity index (χ1n) is 12.6. The minimum absolute atomic E-state index is 0.187. The summed E-state index contributed by atoms with van der Waals surface area (Å²) in [5.74, 6) is 0.747. The van der Waals surface area contributed by atoms with E-state index in [-0.39, 0.29) is 30.3 Å². The van der Waals surface area contributed by atoms with E-state index in [0.717, 1.165) is 11.1 Å². The van der Waals surface area contributed by atoms with Gasteiger partial charge in [0.1, 0.15) is 17.1 Å². The fraction of sp³-hybridized carbons (Fsp3) is 0.172. The van der Waals surface area contributed by atoms with E-state index >= 15 is 0 Å². The summed E-state index contributed by atoms with van der Waals surface area (Å²) in [5.41, 5.74) is 3.10. The number of hydrogen-bond acceptors (Lipinski definition) is 11. The van der Waals surface area contributed by atoms with Crippen LogP contribution in [0.15, 0.2) is 83.5 Å².